The van der Waals surface area contributed by atoms with Crippen molar-refractivity contribution in [3.05, 3.63) is 22.4 Å². The van der Waals surface area contributed by atoms with Crippen molar-refractivity contribution in [1.29, 1.82) is 0 Å². The summed E-state index contributed by atoms with van der Waals surface area (Å²) < 4.78 is 2.37. The van der Waals surface area contributed by atoms with Crippen LogP contribution in [-0.2, 0) is 0 Å². The minimum atomic E-state index is 0.0110. The Morgan fingerprint density at radius 3 is 3.07 bits per heavy atom. The second kappa shape index (κ2) is 4.74. The number of hydrogen-bond donors (Lipinski definition) is 2. The molecule has 0 aliphatic rings. The van der Waals surface area contributed by atoms with Crippen molar-refractivity contribution in [3.8, 4) is 0 Å². The average molecular weight is 240 g/mol. The zero-order chi connectivity index (χ0) is 10.7. The molecule has 0 atom stereocenters. The fourth-order valence-corrected chi connectivity index (χ4v) is 3.29. The highest BCUT2D eigenvalue weighted by molar-refractivity contribution is 7.27. The molecule has 0 saturated carbocycles. The quantitative estimate of drug-likeness (QED) is 0.804. The van der Waals surface area contributed by atoms with Crippen LogP contribution in [0.3, 0.4) is 0 Å². The Morgan fingerprint density at radius 1 is 1.47 bits per heavy atom. The van der Waals surface area contributed by atoms with Gasteiger partial charge in [0, 0.05) is 15.9 Å². The number of carbonyl (C=O) groups excluding carboxylic acids is 1. The van der Waals surface area contributed by atoms with E-state index in [2.05, 4.69) is 5.32 Å². The van der Waals surface area contributed by atoms with Crippen molar-refractivity contribution in [2.75, 3.05) is 13.1 Å². The summed E-state index contributed by atoms with van der Waals surface area (Å²) in [7, 11) is 0. The monoisotopic (exact) mass is 240 g/mol. The topological polar surface area (TPSA) is 55.1 Å². The molecule has 0 bridgehead atoms. The first-order valence-electron chi connectivity index (χ1n) is 4.76. The molecule has 3 nitrogen and oxygen atoms in total. The van der Waals surface area contributed by atoms with Gasteiger partial charge in [0.05, 0.1) is 4.88 Å². The SMILES string of the molecule is NCCCNC(=O)c1cc2sccc2s1. The van der Waals surface area contributed by atoms with Crippen LogP contribution >= 0.6 is 22.7 Å². The van der Waals surface area contributed by atoms with E-state index in [0.29, 0.717) is 13.1 Å². The normalized spacial score (nSPS) is 10.7. The van der Waals surface area contributed by atoms with Crippen LogP contribution in [0.5, 0.6) is 0 Å². The molecule has 0 aliphatic heterocycles. The number of nitrogens with one attached hydrogen (secondary N) is 1. The lowest BCUT2D eigenvalue weighted by molar-refractivity contribution is 0.0957. The lowest BCUT2D eigenvalue weighted by Crippen LogP contribution is -2.25. The van der Waals surface area contributed by atoms with E-state index in [0.717, 1.165) is 11.3 Å². The summed E-state index contributed by atoms with van der Waals surface area (Å²) in [5.41, 5.74) is 5.35. The summed E-state index contributed by atoms with van der Waals surface area (Å²) in [4.78, 5) is 12.4. The number of nitrogens with two attached hydrogens (primary N) is 1. The smallest absolute Gasteiger partial charge is 0.261 e. The van der Waals surface area contributed by atoms with Gasteiger partial charge in [-0.2, -0.15) is 0 Å². The second-order valence-electron chi connectivity index (χ2n) is 3.16. The van der Waals surface area contributed by atoms with Gasteiger partial charge < -0.3 is 11.1 Å². The van der Waals surface area contributed by atoms with E-state index in [4.69, 9.17) is 5.73 Å². The molecule has 2 rings (SSSR count). The zero-order valence-electron chi connectivity index (χ0n) is 8.16. The molecular formula is C10H12N2OS2. The lowest BCUT2D eigenvalue weighted by atomic mass is 10.4. The van der Waals surface area contributed by atoms with Crippen LogP contribution < -0.4 is 11.1 Å². The van der Waals surface area contributed by atoms with E-state index in [1.807, 2.05) is 17.5 Å². The maximum absolute atomic E-state index is 11.7. The predicted octanol–water partition coefficient (Wildman–Crippen LogP) is 2.04. The third-order valence-electron chi connectivity index (χ3n) is 2.03. The largest absolute Gasteiger partial charge is 0.351 e. The van der Waals surface area contributed by atoms with Crippen LogP contribution in [0.2, 0.25) is 0 Å². The Balaban J connectivity index is 2.04. The molecule has 0 saturated heterocycles. The van der Waals surface area contributed by atoms with Gasteiger partial charge in [-0.05, 0) is 30.5 Å². The minimum absolute atomic E-state index is 0.0110. The van der Waals surface area contributed by atoms with Crippen LogP contribution in [0.4, 0.5) is 0 Å². The van der Waals surface area contributed by atoms with Crippen LogP contribution in [0.25, 0.3) is 9.40 Å². The predicted molar refractivity (Wildman–Crippen MR) is 65.7 cm³/mol. The number of hydrogen-bond acceptors (Lipinski definition) is 4. The molecule has 2 heterocycles. The summed E-state index contributed by atoms with van der Waals surface area (Å²) in [6.07, 6.45) is 0.825. The summed E-state index contributed by atoms with van der Waals surface area (Å²) in [6, 6.07) is 3.99. The van der Waals surface area contributed by atoms with Crippen molar-refractivity contribution in [1.82, 2.24) is 5.32 Å². The fourth-order valence-electron chi connectivity index (χ4n) is 1.27. The first kappa shape index (κ1) is 10.6. The molecule has 3 N–H and O–H groups in total. The van der Waals surface area contributed by atoms with Gasteiger partial charge in [0.1, 0.15) is 0 Å². The maximum atomic E-state index is 11.7. The maximum Gasteiger partial charge on any atom is 0.261 e. The molecular weight excluding hydrogens is 228 g/mol. The number of fused-ring (bicyclic) bond motifs is 1. The highest BCUT2D eigenvalue weighted by Crippen LogP contribution is 2.29. The van der Waals surface area contributed by atoms with Crippen molar-refractivity contribution in [3.63, 3.8) is 0 Å². The van der Waals surface area contributed by atoms with E-state index < -0.39 is 0 Å². The van der Waals surface area contributed by atoms with Gasteiger partial charge in [-0.15, -0.1) is 22.7 Å². The van der Waals surface area contributed by atoms with Gasteiger partial charge in [-0.1, -0.05) is 0 Å². The molecule has 0 aromatic carbocycles. The number of thiophene rings is 2. The molecule has 5 heteroatoms. The molecule has 0 spiro atoms. The molecule has 80 valence electrons. The van der Waals surface area contributed by atoms with Crippen LogP contribution in [0.15, 0.2) is 17.5 Å². The van der Waals surface area contributed by atoms with E-state index in [1.165, 1.54) is 20.7 Å². The zero-order valence-corrected chi connectivity index (χ0v) is 9.79. The summed E-state index contributed by atoms with van der Waals surface area (Å²) >= 11 is 3.20. The second-order valence-corrected chi connectivity index (χ2v) is 5.19. The number of amides is 1. The highest BCUT2D eigenvalue weighted by atomic mass is 32.1. The van der Waals surface area contributed by atoms with Crippen molar-refractivity contribution in [2.45, 2.75) is 6.42 Å². The van der Waals surface area contributed by atoms with Crippen molar-refractivity contribution < 1.29 is 4.79 Å². The molecule has 0 radical (unpaired) electrons. The first-order valence-corrected chi connectivity index (χ1v) is 6.46. The van der Waals surface area contributed by atoms with Gasteiger partial charge in [-0.3, -0.25) is 4.79 Å². The Morgan fingerprint density at radius 2 is 2.33 bits per heavy atom. The summed E-state index contributed by atoms with van der Waals surface area (Å²) in [5.74, 6) is 0.0110. The van der Waals surface area contributed by atoms with Crippen LogP contribution in [0, 0.1) is 0 Å². The number of rotatable bonds is 4. The van der Waals surface area contributed by atoms with Crippen molar-refractivity contribution >= 4 is 38.0 Å². The summed E-state index contributed by atoms with van der Waals surface area (Å²) in [5, 5.41) is 4.89. The fraction of sp³-hybridized carbons (Fsp3) is 0.300. The lowest BCUT2D eigenvalue weighted by Gasteiger charge is -2.00. The summed E-state index contributed by atoms with van der Waals surface area (Å²) in [6.45, 7) is 1.26. The first-order chi connectivity index (χ1) is 7.31. The van der Waals surface area contributed by atoms with Crippen molar-refractivity contribution in [2.24, 2.45) is 5.73 Å². The van der Waals surface area contributed by atoms with Gasteiger partial charge >= 0.3 is 0 Å². The van der Waals surface area contributed by atoms with E-state index in [9.17, 15) is 4.79 Å². The van der Waals surface area contributed by atoms with E-state index in [-0.39, 0.29) is 5.91 Å². The standard InChI is InChI=1S/C10H12N2OS2/c11-3-1-4-12-10(13)9-6-8-7(15-9)2-5-14-8/h2,5-6H,1,3-4,11H2,(H,12,13). The molecule has 0 aliphatic carbocycles. The molecule has 2 aromatic heterocycles. The molecule has 1 amide bonds. The number of carbonyl (C=O) groups is 1. The van der Waals surface area contributed by atoms with Gasteiger partial charge in [-0.25, -0.2) is 0 Å². The third kappa shape index (κ3) is 2.37. The Hall–Kier alpha value is -0.910. The van der Waals surface area contributed by atoms with E-state index in [1.54, 1.807) is 11.3 Å². The van der Waals surface area contributed by atoms with Crippen LogP contribution in [0.1, 0.15) is 16.1 Å². The molecule has 0 fully saturated rings. The van der Waals surface area contributed by atoms with Gasteiger partial charge in [0.25, 0.3) is 5.91 Å². The van der Waals surface area contributed by atoms with Crippen LogP contribution in [-0.4, -0.2) is 19.0 Å². The van der Waals surface area contributed by atoms with E-state index >= 15 is 0 Å². The molecule has 0 unspecified atom stereocenters. The highest BCUT2D eigenvalue weighted by Gasteiger charge is 2.09. The minimum Gasteiger partial charge on any atom is -0.351 e. The Labute approximate surface area is 95.9 Å². The Bertz CT molecular complexity index is 432. The molecule has 2 aromatic rings. The van der Waals surface area contributed by atoms with Gasteiger partial charge in [0.15, 0.2) is 0 Å². The van der Waals surface area contributed by atoms with Gasteiger partial charge in [0.2, 0.25) is 0 Å². The molecule has 15 heavy (non-hydrogen) atoms. The Kier molecular flexibility index (Phi) is 3.35. The average Bonchev–Trinajstić information content (AvgIpc) is 2.76. The third-order valence-corrected chi connectivity index (χ3v) is 4.12.